The summed E-state index contributed by atoms with van der Waals surface area (Å²) in [5.41, 5.74) is 0.245. The normalized spacial score (nSPS) is 20.1. The molecule has 2 unspecified atom stereocenters. The van der Waals surface area contributed by atoms with Gasteiger partial charge in [0, 0.05) is 23.9 Å². The van der Waals surface area contributed by atoms with Crippen LogP contribution in [0.4, 0.5) is 8.78 Å². The summed E-state index contributed by atoms with van der Waals surface area (Å²) in [6.45, 7) is 1.44. The summed E-state index contributed by atoms with van der Waals surface area (Å²) >= 11 is 0. The van der Waals surface area contributed by atoms with Gasteiger partial charge in [-0.2, -0.15) is 0 Å². The van der Waals surface area contributed by atoms with Gasteiger partial charge in [0.15, 0.2) is 0 Å². The molecule has 3 rings (SSSR count). The van der Waals surface area contributed by atoms with E-state index in [0.29, 0.717) is 5.56 Å². The topological polar surface area (TPSA) is 62.5 Å². The molecule has 2 aromatic rings. The molecule has 0 spiro atoms. The Hall–Kier alpha value is -2.54. The average molecular weight is 348 g/mol. The van der Waals surface area contributed by atoms with Crippen LogP contribution in [0.2, 0.25) is 0 Å². The fourth-order valence-corrected chi connectivity index (χ4v) is 3.17. The van der Waals surface area contributed by atoms with Gasteiger partial charge >= 0.3 is 0 Å². The van der Waals surface area contributed by atoms with E-state index in [9.17, 15) is 23.5 Å². The molecule has 0 saturated carbocycles. The number of amides is 1. The van der Waals surface area contributed by atoms with E-state index in [-0.39, 0.29) is 30.6 Å². The van der Waals surface area contributed by atoms with Gasteiger partial charge in [0.05, 0.1) is 12.1 Å². The van der Waals surface area contributed by atoms with Crippen molar-refractivity contribution in [3.05, 3.63) is 69.6 Å². The van der Waals surface area contributed by atoms with Gasteiger partial charge in [-0.3, -0.25) is 9.59 Å². The van der Waals surface area contributed by atoms with E-state index in [1.165, 1.54) is 15.7 Å². The first kappa shape index (κ1) is 17.3. The summed E-state index contributed by atoms with van der Waals surface area (Å²) in [7, 11) is 0. The van der Waals surface area contributed by atoms with Crippen molar-refractivity contribution in [1.29, 1.82) is 0 Å². The summed E-state index contributed by atoms with van der Waals surface area (Å²) in [6.07, 6.45) is 0.789. The fourth-order valence-electron chi connectivity index (χ4n) is 3.17. The molecule has 132 valence electrons. The minimum absolute atomic E-state index is 0.0139. The Bertz CT molecular complexity index is 866. The Morgan fingerprint density at radius 2 is 2.08 bits per heavy atom. The molecule has 1 aromatic heterocycles. The van der Waals surface area contributed by atoms with Crippen LogP contribution in [0.3, 0.4) is 0 Å². The second kappa shape index (κ2) is 6.76. The van der Waals surface area contributed by atoms with Gasteiger partial charge in [0.2, 0.25) is 5.91 Å². The van der Waals surface area contributed by atoms with Crippen LogP contribution in [-0.4, -0.2) is 33.1 Å². The van der Waals surface area contributed by atoms with Crippen LogP contribution in [0, 0.1) is 18.6 Å². The number of aryl methyl sites for hydroxylation is 1. The van der Waals surface area contributed by atoms with E-state index < -0.39 is 29.7 Å². The van der Waals surface area contributed by atoms with Gasteiger partial charge in [-0.1, -0.05) is 6.07 Å². The highest BCUT2D eigenvalue weighted by molar-refractivity contribution is 5.77. The van der Waals surface area contributed by atoms with E-state index in [1.807, 2.05) is 0 Å². The predicted molar refractivity (Wildman–Crippen MR) is 86.9 cm³/mol. The number of aliphatic hydroxyl groups excluding tert-OH is 1. The molecule has 1 aliphatic rings. The quantitative estimate of drug-likeness (QED) is 0.920. The lowest BCUT2D eigenvalue weighted by Gasteiger charge is -2.25. The monoisotopic (exact) mass is 348 g/mol. The Morgan fingerprint density at radius 1 is 1.32 bits per heavy atom. The Morgan fingerprint density at radius 3 is 2.84 bits per heavy atom. The van der Waals surface area contributed by atoms with Crippen molar-refractivity contribution in [2.45, 2.75) is 32.0 Å². The summed E-state index contributed by atoms with van der Waals surface area (Å²) in [6, 6.07) is 5.59. The molecule has 2 heterocycles. The van der Waals surface area contributed by atoms with Gasteiger partial charge < -0.3 is 14.6 Å². The number of likely N-dealkylation sites (tertiary alicyclic amines) is 1. The first-order valence-corrected chi connectivity index (χ1v) is 7.95. The van der Waals surface area contributed by atoms with Gasteiger partial charge in [-0.25, -0.2) is 8.78 Å². The first-order chi connectivity index (χ1) is 11.9. The van der Waals surface area contributed by atoms with E-state index in [0.717, 1.165) is 18.2 Å². The maximum absolute atomic E-state index is 14.1. The number of aromatic nitrogens is 1. The Labute approximate surface area is 143 Å². The molecule has 25 heavy (non-hydrogen) atoms. The molecule has 0 bridgehead atoms. The smallest absolute Gasteiger partial charge is 0.253 e. The molecule has 5 nitrogen and oxygen atoms in total. The van der Waals surface area contributed by atoms with Gasteiger partial charge in [-0.15, -0.1) is 0 Å². The number of β-amino-alcohol motifs (C(OH)–C–C–N with tert-alkyl or cyclic N) is 1. The lowest BCUT2D eigenvalue weighted by Crippen LogP contribution is -2.37. The second-order valence-corrected chi connectivity index (χ2v) is 6.24. The van der Waals surface area contributed by atoms with Crippen LogP contribution in [0.15, 0.2) is 41.3 Å². The number of nitrogens with zero attached hydrogens (tertiary/aromatic N) is 2. The zero-order chi connectivity index (χ0) is 18.1. The van der Waals surface area contributed by atoms with Crippen molar-refractivity contribution >= 4 is 5.91 Å². The second-order valence-electron chi connectivity index (χ2n) is 6.24. The van der Waals surface area contributed by atoms with Crippen LogP contribution in [0.5, 0.6) is 0 Å². The van der Waals surface area contributed by atoms with Gasteiger partial charge in [-0.05, 0) is 37.6 Å². The molecule has 1 N–H and O–H groups in total. The SMILES string of the molecule is Cc1cccn(CC(=O)N2CC(O)CC2c2cc(F)ccc2F)c1=O. The number of pyridine rings is 1. The predicted octanol–water partition coefficient (Wildman–Crippen LogP) is 1.77. The zero-order valence-electron chi connectivity index (χ0n) is 13.7. The molecule has 1 fully saturated rings. The van der Waals surface area contributed by atoms with Crippen molar-refractivity contribution in [1.82, 2.24) is 9.47 Å². The molecule has 2 atom stereocenters. The molecule has 1 aliphatic heterocycles. The van der Waals surface area contributed by atoms with E-state index in [2.05, 4.69) is 0 Å². The van der Waals surface area contributed by atoms with Crippen LogP contribution in [-0.2, 0) is 11.3 Å². The van der Waals surface area contributed by atoms with Crippen molar-refractivity contribution in [2.75, 3.05) is 6.54 Å². The summed E-state index contributed by atoms with van der Waals surface area (Å²) in [5.74, 6) is -1.68. The number of halogens is 2. The molecular weight excluding hydrogens is 330 g/mol. The van der Waals surface area contributed by atoms with Crippen LogP contribution >= 0.6 is 0 Å². The van der Waals surface area contributed by atoms with Gasteiger partial charge in [0.1, 0.15) is 18.2 Å². The molecule has 1 saturated heterocycles. The molecule has 0 radical (unpaired) electrons. The highest BCUT2D eigenvalue weighted by atomic mass is 19.1. The van der Waals surface area contributed by atoms with Crippen molar-refractivity contribution < 1.29 is 18.7 Å². The lowest BCUT2D eigenvalue weighted by molar-refractivity contribution is -0.133. The standard InChI is InChI=1S/C18H18F2N2O3/c1-11-3-2-6-21(18(11)25)10-17(24)22-9-13(23)8-16(22)14-7-12(19)4-5-15(14)20/h2-7,13,16,23H,8-10H2,1H3. The van der Waals surface area contributed by atoms with Crippen LogP contribution < -0.4 is 5.56 Å². The molecular formula is C18H18F2N2O3. The van der Waals surface area contributed by atoms with Crippen LogP contribution in [0.25, 0.3) is 0 Å². The fraction of sp³-hybridized carbons (Fsp3) is 0.333. The third-order valence-corrected chi connectivity index (χ3v) is 4.43. The highest BCUT2D eigenvalue weighted by Crippen LogP contribution is 2.34. The molecule has 0 aliphatic carbocycles. The van der Waals surface area contributed by atoms with Crippen molar-refractivity contribution in [2.24, 2.45) is 0 Å². The average Bonchev–Trinajstić information content (AvgIpc) is 2.96. The number of benzene rings is 1. The third kappa shape index (κ3) is 3.46. The number of hydrogen-bond donors (Lipinski definition) is 1. The van der Waals surface area contributed by atoms with Crippen molar-refractivity contribution in [3.63, 3.8) is 0 Å². The van der Waals surface area contributed by atoms with E-state index >= 15 is 0 Å². The summed E-state index contributed by atoms with van der Waals surface area (Å²) in [4.78, 5) is 26.0. The van der Waals surface area contributed by atoms with E-state index in [4.69, 9.17) is 0 Å². The Kier molecular flexibility index (Phi) is 4.67. The highest BCUT2D eigenvalue weighted by Gasteiger charge is 2.36. The Balaban J connectivity index is 1.89. The molecule has 1 amide bonds. The van der Waals surface area contributed by atoms with E-state index in [1.54, 1.807) is 19.1 Å². The first-order valence-electron chi connectivity index (χ1n) is 7.95. The number of carbonyl (C=O) groups excluding carboxylic acids is 1. The van der Waals surface area contributed by atoms with Crippen LogP contribution in [0.1, 0.15) is 23.6 Å². The maximum Gasteiger partial charge on any atom is 0.253 e. The largest absolute Gasteiger partial charge is 0.391 e. The van der Waals surface area contributed by atoms with Gasteiger partial charge in [0.25, 0.3) is 5.56 Å². The number of carbonyl (C=O) groups is 1. The maximum atomic E-state index is 14.1. The number of hydrogen-bond acceptors (Lipinski definition) is 3. The number of aliphatic hydroxyl groups is 1. The lowest BCUT2D eigenvalue weighted by atomic mass is 10.0. The number of rotatable bonds is 3. The summed E-state index contributed by atoms with van der Waals surface area (Å²) in [5, 5.41) is 9.93. The summed E-state index contributed by atoms with van der Waals surface area (Å²) < 4.78 is 28.8. The molecule has 1 aromatic carbocycles. The minimum Gasteiger partial charge on any atom is -0.391 e. The molecule has 7 heteroatoms. The van der Waals surface area contributed by atoms with Crippen molar-refractivity contribution in [3.8, 4) is 0 Å². The zero-order valence-corrected chi connectivity index (χ0v) is 13.7. The minimum atomic E-state index is -0.828. The third-order valence-electron chi connectivity index (χ3n) is 4.43.